The first kappa shape index (κ1) is 18.2. The standard InChI is InChI=1S/C21H26FN3O2/c1-15-12-16(22)13-25(15)21(26)14-24-10-7-17(8-11-24)27-20-6-2-5-19-18(20)4-3-9-23-19/h2-6,9,15-17H,7-8,10-14H2,1H3/t15-,16+/m1/s1. The van der Waals surface area contributed by atoms with Crippen LogP contribution in [0.5, 0.6) is 5.75 Å². The number of alkyl halides is 1. The van der Waals surface area contributed by atoms with Crippen LogP contribution in [0.25, 0.3) is 10.9 Å². The second-order valence-corrected chi connectivity index (χ2v) is 7.65. The maximum atomic E-state index is 13.5. The predicted octanol–water partition coefficient (Wildman–Crippen LogP) is 3.04. The minimum atomic E-state index is -0.877. The summed E-state index contributed by atoms with van der Waals surface area (Å²) in [5.41, 5.74) is 0.934. The predicted molar refractivity (Wildman–Crippen MR) is 103 cm³/mol. The number of pyridine rings is 1. The Bertz CT molecular complexity index is 802. The van der Waals surface area contributed by atoms with Gasteiger partial charge in [-0.1, -0.05) is 6.07 Å². The molecule has 0 spiro atoms. The van der Waals surface area contributed by atoms with Crippen molar-refractivity contribution in [3.8, 4) is 5.75 Å². The molecule has 27 heavy (non-hydrogen) atoms. The van der Waals surface area contributed by atoms with Crippen molar-refractivity contribution >= 4 is 16.8 Å². The molecule has 6 heteroatoms. The van der Waals surface area contributed by atoms with E-state index >= 15 is 0 Å². The van der Waals surface area contributed by atoms with Crippen LogP contribution in [0.1, 0.15) is 26.2 Å². The van der Waals surface area contributed by atoms with E-state index in [2.05, 4.69) is 9.88 Å². The molecular formula is C21H26FN3O2. The summed E-state index contributed by atoms with van der Waals surface area (Å²) in [6, 6.07) is 9.90. The van der Waals surface area contributed by atoms with Crippen molar-refractivity contribution in [1.29, 1.82) is 0 Å². The SMILES string of the molecule is C[C@@H]1C[C@H](F)CN1C(=O)CN1CCC(Oc2cccc3ncccc23)CC1. The van der Waals surface area contributed by atoms with E-state index < -0.39 is 6.17 Å². The van der Waals surface area contributed by atoms with Crippen molar-refractivity contribution in [2.75, 3.05) is 26.2 Å². The fourth-order valence-corrected chi connectivity index (χ4v) is 4.14. The van der Waals surface area contributed by atoms with Crippen LogP contribution in [-0.2, 0) is 4.79 Å². The van der Waals surface area contributed by atoms with Crippen LogP contribution in [0, 0.1) is 0 Å². The van der Waals surface area contributed by atoms with Crippen molar-refractivity contribution in [2.45, 2.75) is 44.5 Å². The van der Waals surface area contributed by atoms with Gasteiger partial charge in [0.1, 0.15) is 18.0 Å². The zero-order chi connectivity index (χ0) is 18.8. The van der Waals surface area contributed by atoms with Gasteiger partial charge in [-0.2, -0.15) is 0 Å². The van der Waals surface area contributed by atoms with Crippen molar-refractivity contribution in [2.24, 2.45) is 0 Å². The highest BCUT2D eigenvalue weighted by molar-refractivity contribution is 5.84. The molecule has 5 nitrogen and oxygen atoms in total. The van der Waals surface area contributed by atoms with Crippen LogP contribution in [0.15, 0.2) is 36.5 Å². The number of carbonyl (C=O) groups is 1. The van der Waals surface area contributed by atoms with Crippen LogP contribution >= 0.6 is 0 Å². The van der Waals surface area contributed by atoms with Gasteiger partial charge in [0.25, 0.3) is 0 Å². The molecule has 1 aromatic heterocycles. The Morgan fingerprint density at radius 3 is 2.81 bits per heavy atom. The van der Waals surface area contributed by atoms with Gasteiger partial charge in [-0.05, 0) is 44.0 Å². The number of benzene rings is 1. The summed E-state index contributed by atoms with van der Waals surface area (Å²) in [6.07, 6.45) is 3.27. The first-order valence-corrected chi connectivity index (χ1v) is 9.76. The van der Waals surface area contributed by atoms with Gasteiger partial charge in [-0.25, -0.2) is 4.39 Å². The summed E-state index contributed by atoms with van der Waals surface area (Å²) in [6.45, 7) is 4.19. The molecule has 2 aromatic rings. The molecule has 0 saturated carbocycles. The zero-order valence-corrected chi connectivity index (χ0v) is 15.7. The van der Waals surface area contributed by atoms with Crippen LogP contribution < -0.4 is 4.74 Å². The van der Waals surface area contributed by atoms with Crippen molar-refractivity contribution in [3.63, 3.8) is 0 Å². The average Bonchev–Trinajstić information content (AvgIpc) is 3.02. The monoisotopic (exact) mass is 371 g/mol. The molecule has 2 aliphatic rings. The minimum Gasteiger partial charge on any atom is -0.490 e. The van der Waals surface area contributed by atoms with Gasteiger partial charge >= 0.3 is 0 Å². The second-order valence-electron chi connectivity index (χ2n) is 7.65. The first-order chi connectivity index (χ1) is 13.1. The number of aromatic nitrogens is 1. The maximum absolute atomic E-state index is 13.5. The first-order valence-electron chi connectivity index (χ1n) is 9.76. The molecular weight excluding hydrogens is 345 g/mol. The summed E-state index contributed by atoms with van der Waals surface area (Å²) < 4.78 is 19.7. The van der Waals surface area contributed by atoms with E-state index in [1.54, 1.807) is 11.1 Å². The molecule has 3 heterocycles. The van der Waals surface area contributed by atoms with E-state index in [1.165, 1.54) is 0 Å². The Hall–Kier alpha value is -2.21. The summed E-state index contributed by atoms with van der Waals surface area (Å²) in [5, 5.41) is 1.03. The maximum Gasteiger partial charge on any atom is 0.237 e. The van der Waals surface area contributed by atoms with Gasteiger partial charge < -0.3 is 9.64 Å². The van der Waals surface area contributed by atoms with Crippen LogP contribution in [0.4, 0.5) is 4.39 Å². The molecule has 0 unspecified atom stereocenters. The minimum absolute atomic E-state index is 0.00773. The Kier molecular flexibility index (Phi) is 5.25. The molecule has 4 rings (SSSR count). The molecule has 1 aromatic carbocycles. The van der Waals surface area contributed by atoms with E-state index in [9.17, 15) is 9.18 Å². The lowest BCUT2D eigenvalue weighted by atomic mass is 10.1. The fraction of sp³-hybridized carbons (Fsp3) is 0.524. The number of fused-ring (bicyclic) bond motifs is 1. The van der Waals surface area contributed by atoms with Crippen LogP contribution in [-0.4, -0.2) is 65.2 Å². The van der Waals surface area contributed by atoms with Crippen LogP contribution in [0.2, 0.25) is 0 Å². The summed E-state index contributed by atoms with van der Waals surface area (Å²) in [4.78, 5) is 20.7. The molecule has 2 fully saturated rings. The number of rotatable bonds is 4. The topological polar surface area (TPSA) is 45.7 Å². The highest BCUT2D eigenvalue weighted by Gasteiger charge is 2.33. The van der Waals surface area contributed by atoms with Gasteiger partial charge in [0.05, 0.1) is 18.6 Å². The van der Waals surface area contributed by atoms with E-state index in [4.69, 9.17) is 4.74 Å². The number of piperidine rings is 1. The van der Waals surface area contributed by atoms with Gasteiger partial charge in [0.15, 0.2) is 0 Å². The summed E-state index contributed by atoms with van der Waals surface area (Å²) in [7, 11) is 0. The third-order valence-corrected chi connectivity index (χ3v) is 5.64. The molecule has 0 bridgehead atoms. The number of carbonyl (C=O) groups excluding carboxylic acids is 1. The molecule has 0 radical (unpaired) electrons. The van der Waals surface area contributed by atoms with E-state index in [0.29, 0.717) is 13.0 Å². The Balaban J connectivity index is 1.31. The molecule has 0 N–H and O–H groups in total. The molecule has 1 amide bonds. The highest BCUT2D eigenvalue weighted by atomic mass is 19.1. The van der Waals surface area contributed by atoms with E-state index in [0.717, 1.165) is 42.6 Å². The van der Waals surface area contributed by atoms with Gasteiger partial charge in [0.2, 0.25) is 5.91 Å². The second kappa shape index (κ2) is 7.80. The third-order valence-electron chi connectivity index (χ3n) is 5.64. The zero-order valence-electron chi connectivity index (χ0n) is 15.7. The lowest BCUT2D eigenvalue weighted by Gasteiger charge is -2.33. The Labute approximate surface area is 159 Å². The van der Waals surface area contributed by atoms with Crippen molar-refractivity contribution < 1.29 is 13.9 Å². The lowest BCUT2D eigenvalue weighted by Crippen LogP contribution is -2.46. The number of halogens is 1. The van der Waals surface area contributed by atoms with Crippen LogP contribution in [0.3, 0.4) is 0 Å². The lowest BCUT2D eigenvalue weighted by molar-refractivity contribution is -0.133. The third kappa shape index (κ3) is 4.05. The number of hydrogen-bond acceptors (Lipinski definition) is 4. The number of nitrogens with zero attached hydrogens (tertiary/aromatic N) is 3. The molecule has 2 saturated heterocycles. The quantitative estimate of drug-likeness (QED) is 0.829. The van der Waals surface area contributed by atoms with Gasteiger partial charge in [-0.3, -0.25) is 14.7 Å². The number of likely N-dealkylation sites (tertiary alicyclic amines) is 2. The largest absolute Gasteiger partial charge is 0.490 e. The summed E-state index contributed by atoms with van der Waals surface area (Å²) >= 11 is 0. The van der Waals surface area contributed by atoms with E-state index in [1.807, 2.05) is 37.3 Å². The smallest absolute Gasteiger partial charge is 0.237 e. The fourth-order valence-electron chi connectivity index (χ4n) is 4.14. The molecule has 2 aliphatic heterocycles. The summed E-state index contributed by atoms with van der Waals surface area (Å²) in [5.74, 6) is 0.914. The number of ether oxygens (including phenoxy) is 1. The molecule has 144 valence electrons. The van der Waals surface area contributed by atoms with Gasteiger partial charge in [-0.15, -0.1) is 0 Å². The average molecular weight is 371 g/mol. The number of amides is 1. The number of hydrogen-bond donors (Lipinski definition) is 0. The van der Waals surface area contributed by atoms with Gasteiger partial charge in [0, 0.05) is 37.1 Å². The normalized spacial score (nSPS) is 24.4. The van der Waals surface area contributed by atoms with Crippen molar-refractivity contribution in [3.05, 3.63) is 36.5 Å². The molecule has 0 aliphatic carbocycles. The molecule has 2 atom stereocenters. The van der Waals surface area contributed by atoms with Crippen molar-refractivity contribution in [1.82, 2.24) is 14.8 Å². The highest BCUT2D eigenvalue weighted by Crippen LogP contribution is 2.27. The Morgan fingerprint density at radius 1 is 1.26 bits per heavy atom. The van der Waals surface area contributed by atoms with E-state index in [-0.39, 0.29) is 24.6 Å². The Morgan fingerprint density at radius 2 is 2.07 bits per heavy atom.